The topological polar surface area (TPSA) is 25.8 Å². The van der Waals surface area contributed by atoms with E-state index in [4.69, 9.17) is 0 Å². The maximum absolute atomic E-state index is 4.39. The Kier molecular flexibility index (Phi) is 3.11. The molecule has 76 valence electrons. The van der Waals surface area contributed by atoms with Crippen LogP contribution in [0.5, 0.6) is 0 Å². The van der Waals surface area contributed by atoms with Gasteiger partial charge in [-0.15, -0.1) is 0 Å². The summed E-state index contributed by atoms with van der Waals surface area (Å²) in [6, 6.07) is 7.93. The molecule has 0 atom stereocenters. The highest BCUT2D eigenvalue weighted by molar-refractivity contribution is 9.10. The van der Waals surface area contributed by atoms with E-state index in [1.165, 1.54) is 5.56 Å². The highest BCUT2D eigenvalue weighted by Crippen LogP contribution is 2.26. The fraction of sp³-hybridized carbons (Fsp3) is 0.167. The van der Waals surface area contributed by atoms with Gasteiger partial charge in [0, 0.05) is 16.9 Å². The van der Waals surface area contributed by atoms with Gasteiger partial charge in [0.15, 0.2) is 0 Å². The lowest BCUT2D eigenvalue weighted by Crippen LogP contribution is -1.93. The fourth-order valence-corrected chi connectivity index (χ4v) is 1.94. The summed E-state index contributed by atoms with van der Waals surface area (Å²) in [6.07, 6.45) is 4.55. The maximum Gasteiger partial charge on any atom is 0.103 e. The summed E-state index contributed by atoms with van der Waals surface area (Å²) in [5.74, 6) is 0. The summed E-state index contributed by atoms with van der Waals surface area (Å²) >= 11 is 3.49. The van der Waals surface area contributed by atoms with Crippen LogP contribution in [0, 0.1) is 0 Å². The molecule has 0 spiro atoms. The number of aryl methyl sites for hydroxylation is 1. The van der Waals surface area contributed by atoms with E-state index in [1.54, 1.807) is 12.4 Å². The lowest BCUT2D eigenvalue weighted by Gasteiger charge is -2.06. The monoisotopic (exact) mass is 262 g/mol. The molecular weight excluding hydrogens is 252 g/mol. The van der Waals surface area contributed by atoms with Crippen molar-refractivity contribution >= 4 is 15.9 Å². The SMILES string of the molecule is CCc1cccnc1-c1ncccc1Br. The quantitative estimate of drug-likeness (QED) is 0.829. The first kappa shape index (κ1) is 10.3. The van der Waals surface area contributed by atoms with Crippen molar-refractivity contribution in [2.45, 2.75) is 13.3 Å². The molecule has 0 aromatic carbocycles. The Bertz CT molecular complexity index is 469. The van der Waals surface area contributed by atoms with E-state index >= 15 is 0 Å². The van der Waals surface area contributed by atoms with Crippen LogP contribution in [0.3, 0.4) is 0 Å². The summed E-state index contributed by atoms with van der Waals surface area (Å²) < 4.78 is 0.985. The first-order chi connectivity index (χ1) is 7.33. The third-order valence-electron chi connectivity index (χ3n) is 2.25. The van der Waals surface area contributed by atoms with Crippen LogP contribution in [0.15, 0.2) is 41.1 Å². The summed E-state index contributed by atoms with van der Waals surface area (Å²) in [7, 11) is 0. The predicted octanol–water partition coefficient (Wildman–Crippen LogP) is 3.47. The second-order valence-electron chi connectivity index (χ2n) is 3.20. The van der Waals surface area contributed by atoms with Gasteiger partial charge in [0.25, 0.3) is 0 Å². The lowest BCUT2D eigenvalue weighted by molar-refractivity contribution is 1.09. The van der Waals surface area contributed by atoms with E-state index in [9.17, 15) is 0 Å². The number of nitrogens with zero attached hydrogens (tertiary/aromatic N) is 2. The molecule has 2 aromatic rings. The van der Waals surface area contributed by atoms with E-state index in [1.807, 2.05) is 18.2 Å². The minimum absolute atomic E-state index is 0.912. The van der Waals surface area contributed by atoms with Crippen LogP contribution in [-0.4, -0.2) is 9.97 Å². The van der Waals surface area contributed by atoms with E-state index < -0.39 is 0 Å². The summed E-state index contributed by atoms with van der Waals surface area (Å²) in [6.45, 7) is 2.12. The van der Waals surface area contributed by atoms with Crippen molar-refractivity contribution in [3.63, 3.8) is 0 Å². The minimum atomic E-state index is 0.912. The Morgan fingerprint density at radius 1 is 1.07 bits per heavy atom. The average molecular weight is 263 g/mol. The molecule has 0 unspecified atom stereocenters. The van der Waals surface area contributed by atoms with Crippen molar-refractivity contribution < 1.29 is 0 Å². The van der Waals surface area contributed by atoms with Crippen LogP contribution in [0.2, 0.25) is 0 Å². The molecule has 2 heterocycles. The zero-order chi connectivity index (χ0) is 10.7. The molecule has 0 saturated carbocycles. The van der Waals surface area contributed by atoms with Crippen LogP contribution >= 0.6 is 15.9 Å². The fourth-order valence-electron chi connectivity index (χ4n) is 1.50. The second-order valence-corrected chi connectivity index (χ2v) is 4.05. The first-order valence-electron chi connectivity index (χ1n) is 4.87. The van der Waals surface area contributed by atoms with Crippen molar-refractivity contribution in [3.05, 3.63) is 46.7 Å². The van der Waals surface area contributed by atoms with E-state index in [-0.39, 0.29) is 0 Å². The van der Waals surface area contributed by atoms with Gasteiger partial charge >= 0.3 is 0 Å². The molecule has 2 rings (SSSR count). The van der Waals surface area contributed by atoms with Gasteiger partial charge in [-0.25, -0.2) is 0 Å². The van der Waals surface area contributed by atoms with Gasteiger partial charge in [-0.3, -0.25) is 9.97 Å². The van der Waals surface area contributed by atoms with E-state index in [0.717, 1.165) is 22.3 Å². The van der Waals surface area contributed by atoms with Crippen molar-refractivity contribution in [3.8, 4) is 11.4 Å². The third kappa shape index (κ3) is 2.07. The van der Waals surface area contributed by atoms with Gasteiger partial charge < -0.3 is 0 Å². The summed E-state index contributed by atoms with van der Waals surface area (Å²) in [5.41, 5.74) is 3.10. The van der Waals surface area contributed by atoms with Crippen molar-refractivity contribution in [2.24, 2.45) is 0 Å². The Morgan fingerprint density at radius 2 is 1.73 bits per heavy atom. The van der Waals surface area contributed by atoms with Crippen molar-refractivity contribution in [1.29, 1.82) is 0 Å². The van der Waals surface area contributed by atoms with Crippen LogP contribution in [0.25, 0.3) is 11.4 Å². The van der Waals surface area contributed by atoms with E-state index in [0.29, 0.717) is 0 Å². The molecule has 0 aliphatic rings. The van der Waals surface area contributed by atoms with Crippen LogP contribution < -0.4 is 0 Å². The molecule has 0 saturated heterocycles. The zero-order valence-corrected chi connectivity index (χ0v) is 10.0. The molecule has 0 aliphatic carbocycles. The van der Waals surface area contributed by atoms with Crippen LogP contribution in [0.4, 0.5) is 0 Å². The van der Waals surface area contributed by atoms with Gasteiger partial charge in [-0.2, -0.15) is 0 Å². The minimum Gasteiger partial charge on any atom is -0.254 e. The molecule has 0 radical (unpaired) electrons. The zero-order valence-electron chi connectivity index (χ0n) is 8.44. The van der Waals surface area contributed by atoms with Gasteiger partial charge in [-0.1, -0.05) is 13.0 Å². The molecule has 0 bridgehead atoms. The van der Waals surface area contributed by atoms with Gasteiger partial charge in [-0.05, 0) is 46.1 Å². The molecule has 0 fully saturated rings. The van der Waals surface area contributed by atoms with E-state index in [2.05, 4.69) is 38.9 Å². The smallest absolute Gasteiger partial charge is 0.103 e. The Labute approximate surface area is 97.5 Å². The molecule has 15 heavy (non-hydrogen) atoms. The molecule has 2 aromatic heterocycles. The Morgan fingerprint density at radius 3 is 2.40 bits per heavy atom. The largest absolute Gasteiger partial charge is 0.254 e. The van der Waals surface area contributed by atoms with Crippen molar-refractivity contribution in [1.82, 2.24) is 9.97 Å². The van der Waals surface area contributed by atoms with Crippen LogP contribution in [0.1, 0.15) is 12.5 Å². The predicted molar refractivity (Wildman–Crippen MR) is 64.5 cm³/mol. The Hall–Kier alpha value is -1.22. The number of hydrogen-bond donors (Lipinski definition) is 0. The van der Waals surface area contributed by atoms with Gasteiger partial charge in [0.1, 0.15) is 5.69 Å². The highest BCUT2D eigenvalue weighted by atomic mass is 79.9. The number of rotatable bonds is 2. The van der Waals surface area contributed by atoms with Gasteiger partial charge in [0.05, 0.1) is 5.69 Å². The number of hydrogen-bond acceptors (Lipinski definition) is 2. The second kappa shape index (κ2) is 4.53. The highest BCUT2D eigenvalue weighted by Gasteiger charge is 2.08. The number of aromatic nitrogens is 2. The summed E-state index contributed by atoms with van der Waals surface area (Å²) in [5, 5.41) is 0. The standard InChI is InChI=1S/C12H11BrN2/c1-2-9-5-3-7-14-11(9)12-10(13)6-4-8-15-12/h3-8H,2H2,1H3. The molecule has 0 amide bonds. The Balaban J connectivity index is 2.59. The van der Waals surface area contributed by atoms with Gasteiger partial charge in [0.2, 0.25) is 0 Å². The normalized spacial score (nSPS) is 10.3. The third-order valence-corrected chi connectivity index (χ3v) is 2.89. The average Bonchev–Trinajstić information content (AvgIpc) is 2.30. The molecule has 0 N–H and O–H groups in total. The lowest BCUT2D eigenvalue weighted by atomic mass is 10.1. The summed E-state index contributed by atoms with van der Waals surface area (Å²) in [4.78, 5) is 8.74. The molecular formula is C12H11BrN2. The van der Waals surface area contributed by atoms with Crippen LogP contribution in [-0.2, 0) is 6.42 Å². The van der Waals surface area contributed by atoms with Crippen molar-refractivity contribution in [2.75, 3.05) is 0 Å². The maximum atomic E-state index is 4.39. The first-order valence-corrected chi connectivity index (χ1v) is 5.67. The molecule has 3 heteroatoms. The molecule has 2 nitrogen and oxygen atoms in total. The number of pyridine rings is 2. The number of halogens is 1. The molecule has 0 aliphatic heterocycles.